The molecule has 3 heteroatoms. The van der Waals surface area contributed by atoms with Crippen LogP contribution in [0.25, 0.3) is 0 Å². The van der Waals surface area contributed by atoms with Crippen molar-refractivity contribution in [2.75, 3.05) is 25.6 Å². The molecule has 0 aromatic carbocycles. The number of halogens is 1. The maximum Gasteiger partial charge on any atom is 0.0558 e. The van der Waals surface area contributed by atoms with Crippen LogP contribution < -0.4 is 0 Å². The van der Waals surface area contributed by atoms with E-state index in [1.54, 1.807) is 0 Å². The second kappa shape index (κ2) is 11.7. The molecular formula is C13H28ClNO. The Balaban J connectivity index is 3.74. The molecule has 0 bridgehead atoms. The van der Waals surface area contributed by atoms with Crippen LogP contribution in [-0.4, -0.2) is 41.6 Å². The molecule has 0 aliphatic carbocycles. The topological polar surface area (TPSA) is 23.5 Å². The van der Waals surface area contributed by atoms with Gasteiger partial charge in [-0.05, 0) is 32.2 Å². The third kappa shape index (κ3) is 7.48. The summed E-state index contributed by atoms with van der Waals surface area (Å²) in [5.41, 5.74) is 0. The first kappa shape index (κ1) is 16.2. The first-order valence-electron chi connectivity index (χ1n) is 6.70. The van der Waals surface area contributed by atoms with Crippen molar-refractivity contribution in [2.45, 2.75) is 58.4 Å². The van der Waals surface area contributed by atoms with E-state index in [9.17, 15) is 0 Å². The quantitative estimate of drug-likeness (QED) is 0.449. The van der Waals surface area contributed by atoms with E-state index in [0.717, 1.165) is 25.4 Å². The van der Waals surface area contributed by atoms with Gasteiger partial charge in [-0.3, -0.25) is 4.90 Å². The third-order valence-electron chi connectivity index (χ3n) is 3.18. The van der Waals surface area contributed by atoms with Crippen molar-refractivity contribution in [1.29, 1.82) is 0 Å². The Morgan fingerprint density at radius 3 is 2.12 bits per heavy atom. The fourth-order valence-electron chi connectivity index (χ4n) is 2.17. The van der Waals surface area contributed by atoms with Crippen molar-refractivity contribution in [1.82, 2.24) is 4.90 Å². The van der Waals surface area contributed by atoms with E-state index < -0.39 is 0 Å². The highest BCUT2D eigenvalue weighted by molar-refractivity contribution is 6.17. The maximum atomic E-state index is 9.06. The summed E-state index contributed by atoms with van der Waals surface area (Å²) in [4.78, 5) is 2.43. The van der Waals surface area contributed by atoms with E-state index in [2.05, 4.69) is 18.7 Å². The van der Waals surface area contributed by atoms with E-state index in [1.807, 2.05) is 0 Å². The molecule has 16 heavy (non-hydrogen) atoms. The summed E-state index contributed by atoms with van der Waals surface area (Å²) in [6.07, 6.45) is 7.21. The average molecular weight is 250 g/mol. The minimum absolute atomic E-state index is 0.276. The molecule has 0 atom stereocenters. The standard InChI is InChI=1S/C13H28ClNO/c1-3-13(4-2)15(11-12-16)10-8-6-5-7-9-14/h13,16H,3-12H2,1-2H3. The fourth-order valence-corrected chi connectivity index (χ4v) is 2.36. The molecular weight excluding hydrogens is 222 g/mol. The summed E-state index contributed by atoms with van der Waals surface area (Å²) in [6, 6.07) is 0.639. The van der Waals surface area contributed by atoms with Crippen LogP contribution in [0.2, 0.25) is 0 Å². The molecule has 0 saturated carbocycles. The number of hydrogen-bond donors (Lipinski definition) is 1. The Hall–Kier alpha value is 0.210. The molecule has 0 aromatic rings. The van der Waals surface area contributed by atoms with Crippen LogP contribution in [0.3, 0.4) is 0 Å². The Morgan fingerprint density at radius 2 is 1.62 bits per heavy atom. The van der Waals surface area contributed by atoms with Crippen LogP contribution >= 0.6 is 11.6 Å². The van der Waals surface area contributed by atoms with Crippen molar-refractivity contribution in [3.63, 3.8) is 0 Å². The summed E-state index contributed by atoms with van der Waals surface area (Å²) in [6.45, 7) is 6.67. The van der Waals surface area contributed by atoms with E-state index in [4.69, 9.17) is 16.7 Å². The van der Waals surface area contributed by atoms with E-state index in [0.29, 0.717) is 6.04 Å². The summed E-state index contributed by atoms with van der Waals surface area (Å²) in [5.74, 6) is 0.785. The van der Waals surface area contributed by atoms with E-state index in [1.165, 1.54) is 32.1 Å². The molecule has 2 nitrogen and oxygen atoms in total. The smallest absolute Gasteiger partial charge is 0.0558 e. The zero-order chi connectivity index (χ0) is 12.2. The number of unbranched alkanes of at least 4 members (excludes halogenated alkanes) is 3. The molecule has 0 amide bonds. The minimum Gasteiger partial charge on any atom is -0.395 e. The average Bonchev–Trinajstić information content (AvgIpc) is 2.30. The first-order chi connectivity index (χ1) is 7.79. The Morgan fingerprint density at radius 1 is 1.00 bits per heavy atom. The van der Waals surface area contributed by atoms with Crippen molar-refractivity contribution in [2.24, 2.45) is 0 Å². The van der Waals surface area contributed by atoms with E-state index >= 15 is 0 Å². The molecule has 0 saturated heterocycles. The Labute approximate surface area is 106 Å². The van der Waals surface area contributed by atoms with Crippen LogP contribution in [0.15, 0.2) is 0 Å². The van der Waals surface area contributed by atoms with Crippen LogP contribution in [0, 0.1) is 0 Å². The van der Waals surface area contributed by atoms with Gasteiger partial charge in [0.1, 0.15) is 0 Å². The predicted molar refractivity (Wildman–Crippen MR) is 72.2 cm³/mol. The van der Waals surface area contributed by atoms with Crippen molar-refractivity contribution in [3.05, 3.63) is 0 Å². The van der Waals surface area contributed by atoms with Gasteiger partial charge >= 0.3 is 0 Å². The minimum atomic E-state index is 0.276. The van der Waals surface area contributed by atoms with Gasteiger partial charge in [0, 0.05) is 18.5 Å². The summed E-state index contributed by atoms with van der Waals surface area (Å²) < 4.78 is 0. The molecule has 0 fully saturated rings. The van der Waals surface area contributed by atoms with Crippen LogP contribution in [0.5, 0.6) is 0 Å². The lowest BCUT2D eigenvalue weighted by molar-refractivity contribution is 0.141. The Kier molecular flexibility index (Phi) is 11.8. The van der Waals surface area contributed by atoms with Gasteiger partial charge in [-0.1, -0.05) is 26.7 Å². The lowest BCUT2D eigenvalue weighted by Gasteiger charge is -2.29. The molecule has 0 rings (SSSR count). The van der Waals surface area contributed by atoms with E-state index in [-0.39, 0.29) is 6.61 Å². The van der Waals surface area contributed by atoms with Crippen LogP contribution in [0.4, 0.5) is 0 Å². The second-order valence-corrected chi connectivity index (χ2v) is 4.71. The number of nitrogens with zero attached hydrogens (tertiary/aromatic N) is 1. The molecule has 1 N–H and O–H groups in total. The molecule has 0 unspecified atom stereocenters. The lowest BCUT2D eigenvalue weighted by Crippen LogP contribution is -2.37. The van der Waals surface area contributed by atoms with Gasteiger partial charge in [-0.2, -0.15) is 0 Å². The largest absolute Gasteiger partial charge is 0.395 e. The van der Waals surface area contributed by atoms with Gasteiger partial charge in [0.15, 0.2) is 0 Å². The van der Waals surface area contributed by atoms with Crippen molar-refractivity contribution >= 4 is 11.6 Å². The molecule has 0 aromatic heterocycles. The second-order valence-electron chi connectivity index (χ2n) is 4.33. The van der Waals surface area contributed by atoms with Gasteiger partial charge in [0.05, 0.1) is 6.61 Å². The first-order valence-corrected chi connectivity index (χ1v) is 7.24. The van der Waals surface area contributed by atoms with Gasteiger partial charge in [0.25, 0.3) is 0 Å². The highest BCUT2D eigenvalue weighted by Gasteiger charge is 2.13. The van der Waals surface area contributed by atoms with Crippen molar-refractivity contribution in [3.8, 4) is 0 Å². The molecule has 0 heterocycles. The van der Waals surface area contributed by atoms with Gasteiger partial charge in [-0.15, -0.1) is 11.6 Å². The van der Waals surface area contributed by atoms with Gasteiger partial charge < -0.3 is 5.11 Å². The predicted octanol–water partition coefficient (Wildman–Crippen LogP) is 3.27. The molecule has 98 valence electrons. The number of rotatable bonds is 11. The monoisotopic (exact) mass is 249 g/mol. The van der Waals surface area contributed by atoms with Crippen LogP contribution in [-0.2, 0) is 0 Å². The molecule has 0 aliphatic rings. The van der Waals surface area contributed by atoms with Gasteiger partial charge in [-0.25, -0.2) is 0 Å². The summed E-state index contributed by atoms with van der Waals surface area (Å²) in [5, 5.41) is 9.06. The zero-order valence-electron chi connectivity index (χ0n) is 10.9. The summed E-state index contributed by atoms with van der Waals surface area (Å²) in [7, 11) is 0. The number of alkyl halides is 1. The molecule has 0 spiro atoms. The van der Waals surface area contributed by atoms with Crippen LogP contribution in [0.1, 0.15) is 52.4 Å². The lowest BCUT2D eigenvalue weighted by atomic mass is 10.1. The fraction of sp³-hybridized carbons (Fsp3) is 1.00. The Bertz CT molecular complexity index is 140. The number of hydrogen-bond acceptors (Lipinski definition) is 2. The summed E-state index contributed by atoms with van der Waals surface area (Å²) >= 11 is 5.64. The van der Waals surface area contributed by atoms with Gasteiger partial charge in [0.2, 0.25) is 0 Å². The maximum absolute atomic E-state index is 9.06. The SMILES string of the molecule is CCC(CC)N(CCO)CCCCCCCl. The number of aliphatic hydroxyl groups is 1. The normalized spacial score (nSPS) is 11.6. The number of aliphatic hydroxyl groups excluding tert-OH is 1. The molecule has 0 radical (unpaired) electrons. The third-order valence-corrected chi connectivity index (χ3v) is 3.44. The highest BCUT2D eigenvalue weighted by Crippen LogP contribution is 2.10. The highest BCUT2D eigenvalue weighted by atomic mass is 35.5. The molecule has 0 aliphatic heterocycles. The zero-order valence-corrected chi connectivity index (χ0v) is 11.7. The van der Waals surface area contributed by atoms with Crippen molar-refractivity contribution < 1.29 is 5.11 Å².